The topological polar surface area (TPSA) is 29.1 Å². The Labute approximate surface area is 109 Å². The zero-order chi connectivity index (χ0) is 13.0. The van der Waals surface area contributed by atoms with Crippen molar-refractivity contribution in [2.24, 2.45) is 0 Å². The highest BCUT2D eigenvalue weighted by Gasteiger charge is 2.07. The molecule has 0 aliphatic carbocycles. The van der Waals surface area contributed by atoms with E-state index in [1.54, 1.807) is 12.1 Å². The summed E-state index contributed by atoms with van der Waals surface area (Å²) in [5.74, 6) is -0.755. The number of carbonyl (C=O) groups is 1. The standard InChI is InChI=1S/C14H11ClFNO/c15-13-7-2-1-4-11(13)9-17-14(18)10-5-3-6-12(16)8-10/h1-8H,9H2,(H,17,18). The van der Waals surface area contributed by atoms with Crippen molar-refractivity contribution in [2.75, 3.05) is 0 Å². The van der Waals surface area contributed by atoms with Gasteiger partial charge >= 0.3 is 0 Å². The number of rotatable bonds is 3. The third-order valence-electron chi connectivity index (χ3n) is 2.48. The molecule has 1 amide bonds. The third kappa shape index (κ3) is 3.08. The molecule has 0 heterocycles. The fourth-order valence-corrected chi connectivity index (χ4v) is 1.75. The fourth-order valence-electron chi connectivity index (χ4n) is 1.55. The van der Waals surface area contributed by atoms with Crippen LogP contribution in [0.15, 0.2) is 48.5 Å². The van der Waals surface area contributed by atoms with Gasteiger partial charge in [0.15, 0.2) is 0 Å². The van der Waals surface area contributed by atoms with Crippen molar-refractivity contribution in [1.29, 1.82) is 0 Å². The fraction of sp³-hybridized carbons (Fsp3) is 0.0714. The molecule has 4 heteroatoms. The summed E-state index contributed by atoms with van der Waals surface area (Å²) in [7, 11) is 0. The van der Waals surface area contributed by atoms with Gasteiger partial charge in [-0.3, -0.25) is 4.79 Å². The van der Waals surface area contributed by atoms with Crippen LogP contribution in [0.4, 0.5) is 4.39 Å². The molecule has 0 aliphatic heterocycles. The molecular formula is C14H11ClFNO. The van der Waals surface area contributed by atoms with E-state index in [9.17, 15) is 9.18 Å². The first kappa shape index (κ1) is 12.6. The lowest BCUT2D eigenvalue weighted by Crippen LogP contribution is -2.22. The van der Waals surface area contributed by atoms with E-state index < -0.39 is 5.82 Å². The highest BCUT2D eigenvalue weighted by atomic mass is 35.5. The van der Waals surface area contributed by atoms with Crippen molar-refractivity contribution in [3.63, 3.8) is 0 Å². The third-order valence-corrected chi connectivity index (χ3v) is 2.85. The van der Waals surface area contributed by atoms with Crippen LogP contribution in [0.1, 0.15) is 15.9 Å². The monoisotopic (exact) mass is 263 g/mol. The molecule has 0 atom stereocenters. The normalized spacial score (nSPS) is 10.1. The number of carbonyl (C=O) groups excluding carboxylic acids is 1. The molecule has 2 rings (SSSR count). The van der Waals surface area contributed by atoms with E-state index in [1.807, 2.05) is 18.2 Å². The predicted molar refractivity (Wildman–Crippen MR) is 69.0 cm³/mol. The van der Waals surface area contributed by atoms with Crippen LogP contribution in [0, 0.1) is 5.82 Å². The molecule has 0 radical (unpaired) electrons. The molecule has 0 saturated carbocycles. The van der Waals surface area contributed by atoms with E-state index in [0.29, 0.717) is 17.1 Å². The molecule has 2 nitrogen and oxygen atoms in total. The Hall–Kier alpha value is -1.87. The number of hydrogen-bond donors (Lipinski definition) is 1. The first-order chi connectivity index (χ1) is 8.66. The van der Waals surface area contributed by atoms with E-state index >= 15 is 0 Å². The van der Waals surface area contributed by atoms with E-state index in [2.05, 4.69) is 5.32 Å². The molecule has 0 spiro atoms. The second-order valence-corrected chi connectivity index (χ2v) is 4.19. The van der Waals surface area contributed by atoms with Crippen molar-refractivity contribution in [3.8, 4) is 0 Å². The first-order valence-electron chi connectivity index (χ1n) is 5.44. The summed E-state index contributed by atoms with van der Waals surface area (Å²) in [6.07, 6.45) is 0. The quantitative estimate of drug-likeness (QED) is 0.903. The number of halogens is 2. The summed E-state index contributed by atoms with van der Waals surface area (Å²) in [6, 6.07) is 12.8. The maximum atomic E-state index is 13.0. The van der Waals surface area contributed by atoms with E-state index in [4.69, 9.17) is 11.6 Å². The smallest absolute Gasteiger partial charge is 0.251 e. The Morgan fingerprint density at radius 3 is 2.67 bits per heavy atom. The van der Waals surface area contributed by atoms with Gasteiger partial charge in [0, 0.05) is 17.1 Å². The van der Waals surface area contributed by atoms with Crippen LogP contribution in [-0.4, -0.2) is 5.91 Å². The number of hydrogen-bond acceptors (Lipinski definition) is 1. The molecule has 18 heavy (non-hydrogen) atoms. The maximum absolute atomic E-state index is 13.0. The summed E-state index contributed by atoms with van der Waals surface area (Å²) in [6.45, 7) is 0.315. The predicted octanol–water partition coefficient (Wildman–Crippen LogP) is 3.41. The lowest BCUT2D eigenvalue weighted by atomic mass is 10.2. The summed E-state index contributed by atoms with van der Waals surface area (Å²) < 4.78 is 13.0. The Morgan fingerprint density at radius 2 is 1.94 bits per heavy atom. The lowest BCUT2D eigenvalue weighted by Gasteiger charge is -2.06. The summed E-state index contributed by atoms with van der Waals surface area (Å²) in [5.41, 5.74) is 1.12. The van der Waals surface area contributed by atoms with Crippen molar-refractivity contribution in [1.82, 2.24) is 5.32 Å². The Kier molecular flexibility index (Phi) is 3.95. The highest BCUT2D eigenvalue weighted by Crippen LogP contribution is 2.14. The van der Waals surface area contributed by atoms with Gasteiger partial charge in [0.2, 0.25) is 0 Å². The number of amides is 1. The van der Waals surface area contributed by atoms with E-state index in [-0.39, 0.29) is 5.91 Å². The van der Waals surface area contributed by atoms with Gasteiger partial charge in [-0.1, -0.05) is 35.9 Å². The maximum Gasteiger partial charge on any atom is 0.251 e. The van der Waals surface area contributed by atoms with Crippen LogP contribution in [0.5, 0.6) is 0 Å². The molecule has 0 aliphatic rings. The van der Waals surface area contributed by atoms with E-state index in [0.717, 1.165) is 5.56 Å². The summed E-state index contributed by atoms with van der Waals surface area (Å²) in [4.78, 5) is 11.8. The zero-order valence-electron chi connectivity index (χ0n) is 9.49. The van der Waals surface area contributed by atoms with Gasteiger partial charge in [0.1, 0.15) is 5.82 Å². The SMILES string of the molecule is O=C(NCc1ccccc1Cl)c1cccc(F)c1. The molecule has 2 aromatic carbocycles. The molecule has 0 saturated heterocycles. The van der Waals surface area contributed by atoms with Gasteiger partial charge in [-0.05, 0) is 29.8 Å². The first-order valence-corrected chi connectivity index (χ1v) is 5.82. The molecular weight excluding hydrogens is 253 g/mol. The summed E-state index contributed by atoms with van der Waals surface area (Å²) >= 11 is 5.97. The second kappa shape index (κ2) is 5.65. The average molecular weight is 264 g/mol. The Morgan fingerprint density at radius 1 is 1.17 bits per heavy atom. The van der Waals surface area contributed by atoms with Crippen molar-refractivity contribution in [3.05, 3.63) is 70.5 Å². The molecule has 0 unspecified atom stereocenters. The van der Waals surface area contributed by atoms with Crippen molar-refractivity contribution < 1.29 is 9.18 Å². The molecule has 1 N–H and O–H groups in total. The molecule has 0 fully saturated rings. The van der Waals surface area contributed by atoms with Crippen LogP contribution < -0.4 is 5.32 Å². The van der Waals surface area contributed by atoms with Crippen molar-refractivity contribution in [2.45, 2.75) is 6.54 Å². The van der Waals surface area contributed by atoms with Crippen LogP contribution >= 0.6 is 11.6 Å². The van der Waals surface area contributed by atoms with Gasteiger partial charge in [0.05, 0.1) is 0 Å². The number of benzene rings is 2. The van der Waals surface area contributed by atoms with Gasteiger partial charge in [-0.2, -0.15) is 0 Å². The van der Waals surface area contributed by atoms with E-state index in [1.165, 1.54) is 18.2 Å². The zero-order valence-corrected chi connectivity index (χ0v) is 10.2. The van der Waals surface area contributed by atoms with Crippen LogP contribution in [0.25, 0.3) is 0 Å². The van der Waals surface area contributed by atoms with Gasteiger partial charge in [-0.15, -0.1) is 0 Å². The Bertz CT molecular complexity index is 571. The second-order valence-electron chi connectivity index (χ2n) is 3.78. The molecule has 0 bridgehead atoms. The Balaban J connectivity index is 2.03. The van der Waals surface area contributed by atoms with Crippen molar-refractivity contribution >= 4 is 17.5 Å². The molecule has 0 aromatic heterocycles. The van der Waals surface area contributed by atoms with Crippen LogP contribution in [0.3, 0.4) is 0 Å². The average Bonchev–Trinajstić information content (AvgIpc) is 2.37. The van der Waals surface area contributed by atoms with Crippen LogP contribution in [0.2, 0.25) is 5.02 Å². The minimum absolute atomic E-state index is 0.294. The van der Waals surface area contributed by atoms with Gasteiger partial charge < -0.3 is 5.32 Å². The highest BCUT2D eigenvalue weighted by molar-refractivity contribution is 6.31. The minimum Gasteiger partial charge on any atom is -0.348 e. The van der Waals surface area contributed by atoms with Gasteiger partial charge in [-0.25, -0.2) is 4.39 Å². The minimum atomic E-state index is -0.430. The molecule has 2 aromatic rings. The summed E-state index contributed by atoms with van der Waals surface area (Å²) in [5, 5.41) is 3.29. The van der Waals surface area contributed by atoms with Crippen LogP contribution in [-0.2, 0) is 6.54 Å². The number of nitrogens with one attached hydrogen (secondary N) is 1. The lowest BCUT2D eigenvalue weighted by molar-refractivity contribution is 0.0950. The largest absolute Gasteiger partial charge is 0.348 e. The van der Waals surface area contributed by atoms with Gasteiger partial charge in [0.25, 0.3) is 5.91 Å². The molecule has 92 valence electrons.